The number of likely N-dealkylation sites (N-methyl/N-ethyl adjacent to an activating group) is 2. The number of pyridine rings is 1. The number of fused-ring (bicyclic) bond motifs is 1. The van der Waals surface area contributed by atoms with Crippen LogP contribution in [0.5, 0.6) is 0 Å². The van der Waals surface area contributed by atoms with E-state index >= 15 is 0 Å². The van der Waals surface area contributed by atoms with Crippen LogP contribution in [0.1, 0.15) is 4.88 Å². The number of carbonyl (C=O) groups excluding carboxylic acids is 2. The Hall–Kier alpha value is -3.88. The average Bonchev–Trinajstić information content (AvgIpc) is 3.33. The minimum atomic E-state index is -0.404. The van der Waals surface area contributed by atoms with Crippen LogP contribution in [0, 0.1) is 0 Å². The Morgan fingerprint density at radius 1 is 0.882 bits per heavy atom. The minimum Gasteiger partial charge on any atom is -0.288 e. The highest BCUT2D eigenvalue weighted by Gasteiger charge is 2.35. The largest absolute Gasteiger partial charge is 0.288 e. The third kappa shape index (κ3) is 3.87. The topological polar surface area (TPSA) is 56.8 Å². The number of aromatic nitrogens is 1. The second-order valence-corrected chi connectivity index (χ2v) is 9.26. The maximum absolute atomic E-state index is 12.7. The summed E-state index contributed by atoms with van der Waals surface area (Å²) in [5.74, 6) is -0.0354. The van der Waals surface area contributed by atoms with Gasteiger partial charge < -0.3 is 0 Å². The highest BCUT2D eigenvalue weighted by molar-refractivity contribution is 7.80. The summed E-state index contributed by atoms with van der Waals surface area (Å²) in [7, 11) is 3.15. The normalized spacial score (nSPS) is 14.2. The van der Waals surface area contributed by atoms with Crippen molar-refractivity contribution in [2.24, 2.45) is 0 Å². The van der Waals surface area contributed by atoms with Crippen molar-refractivity contribution in [2.75, 3.05) is 19.0 Å². The van der Waals surface area contributed by atoms with Gasteiger partial charge in [-0.15, -0.1) is 11.3 Å². The van der Waals surface area contributed by atoms with Gasteiger partial charge in [-0.3, -0.25) is 24.3 Å². The zero-order chi connectivity index (χ0) is 23.8. The van der Waals surface area contributed by atoms with Crippen LogP contribution in [0.4, 0.5) is 16.5 Å². The number of thiocarbonyl (C=S) groups is 1. The Morgan fingerprint density at radius 2 is 1.59 bits per heavy atom. The van der Waals surface area contributed by atoms with Crippen LogP contribution >= 0.6 is 23.6 Å². The van der Waals surface area contributed by atoms with Crippen LogP contribution in [0.15, 0.2) is 84.6 Å². The van der Waals surface area contributed by atoms with E-state index in [2.05, 4.69) is 40.2 Å². The molecule has 0 atom stereocenters. The smallest absolute Gasteiger partial charge is 0.265 e. The summed E-state index contributed by atoms with van der Waals surface area (Å²) in [5.41, 5.74) is 1.05. The van der Waals surface area contributed by atoms with Crippen molar-refractivity contribution in [3.63, 3.8) is 0 Å². The number of carbonyl (C=O) groups is 2. The standard InChI is InChI=1S/C26H20N4O2S2/c1-28-24(31)21(25(32)29(2)26(28)33)16-20-12-13-23(34-20)30(22-9-5-6-14-27-22)19-11-10-17-7-3-4-8-18(17)15-19/h3-16H,1-2H3. The number of amides is 2. The van der Waals surface area contributed by atoms with Gasteiger partial charge >= 0.3 is 0 Å². The lowest BCUT2D eigenvalue weighted by molar-refractivity contribution is -0.132. The van der Waals surface area contributed by atoms with Gasteiger partial charge in [0.15, 0.2) is 5.11 Å². The van der Waals surface area contributed by atoms with Gasteiger partial charge in [-0.1, -0.05) is 36.4 Å². The predicted octanol–water partition coefficient (Wildman–Crippen LogP) is 5.36. The van der Waals surface area contributed by atoms with Gasteiger partial charge in [0.25, 0.3) is 11.8 Å². The molecule has 1 fully saturated rings. The van der Waals surface area contributed by atoms with Crippen molar-refractivity contribution in [1.29, 1.82) is 0 Å². The van der Waals surface area contributed by atoms with Crippen LogP contribution in [-0.4, -0.2) is 45.8 Å². The van der Waals surface area contributed by atoms with Crippen molar-refractivity contribution in [3.8, 4) is 0 Å². The molecule has 0 saturated carbocycles. The first kappa shape index (κ1) is 21.9. The number of hydrogen-bond acceptors (Lipinski definition) is 6. The van der Waals surface area contributed by atoms with E-state index in [1.54, 1.807) is 26.4 Å². The van der Waals surface area contributed by atoms with E-state index < -0.39 is 11.8 Å². The third-order valence-electron chi connectivity index (χ3n) is 5.63. The lowest BCUT2D eigenvalue weighted by Crippen LogP contribution is -2.52. The number of nitrogens with zero attached hydrogens (tertiary/aromatic N) is 4. The predicted molar refractivity (Wildman–Crippen MR) is 140 cm³/mol. The highest BCUT2D eigenvalue weighted by Crippen LogP contribution is 2.39. The molecule has 6 nitrogen and oxygen atoms in total. The molecular weight excluding hydrogens is 464 g/mol. The van der Waals surface area contributed by atoms with Gasteiger partial charge in [0, 0.05) is 30.9 Å². The van der Waals surface area contributed by atoms with Gasteiger partial charge in [0.05, 0.1) is 0 Å². The van der Waals surface area contributed by atoms with Gasteiger partial charge in [-0.25, -0.2) is 4.98 Å². The number of anilines is 3. The second-order valence-electron chi connectivity index (χ2n) is 7.80. The molecule has 168 valence electrons. The highest BCUT2D eigenvalue weighted by atomic mass is 32.1. The van der Waals surface area contributed by atoms with E-state index in [1.807, 2.05) is 42.5 Å². The van der Waals surface area contributed by atoms with Crippen molar-refractivity contribution in [3.05, 3.63) is 89.4 Å². The van der Waals surface area contributed by atoms with Crippen molar-refractivity contribution >= 4 is 73.8 Å². The molecule has 0 spiro atoms. The molecule has 3 heterocycles. The van der Waals surface area contributed by atoms with Gasteiger partial charge in [-0.05, 0) is 65.5 Å². The summed E-state index contributed by atoms with van der Waals surface area (Å²) < 4.78 is 0. The van der Waals surface area contributed by atoms with Gasteiger partial charge in [0.2, 0.25) is 0 Å². The van der Waals surface area contributed by atoms with Crippen LogP contribution in [0.25, 0.3) is 16.8 Å². The summed E-state index contributed by atoms with van der Waals surface area (Å²) in [4.78, 5) is 35.5. The van der Waals surface area contributed by atoms with Crippen molar-refractivity contribution in [2.45, 2.75) is 0 Å². The summed E-state index contributed by atoms with van der Waals surface area (Å²) in [6.07, 6.45) is 3.39. The SMILES string of the molecule is CN1C(=O)C(=Cc2ccc(N(c3ccc4ccccc4c3)c3ccccn3)s2)C(=O)N(C)C1=S. The Kier molecular flexibility index (Phi) is 5.69. The first-order valence-corrected chi connectivity index (χ1v) is 11.8. The molecule has 0 N–H and O–H groups in total. The average molecular weight is 485 g/mol. The molecule has 1 aliphatic heterocycles. The summed E-state index contributed by atoms with van der Waals surface area (Å²) in [6, 6.07) is 24.1. The molecule has 0 radical (unpaired) electrons. The molecule has 1 aliphatic rings. The van der Waals surface area contributed by atoms with E-state index in [0.29, 0.717) is 0 Å². The number of benzene rings is 2. The third-order valence-corrected chi connectivity index (χ3v) is 7.20. The molecule has 34 heavy (non-hydrogen) atoms. The molecule has 0 aliphatic carbocycles. The van der Waals surface area contributed by atoms with E-state index in [-0.39, 0.29) is 10.7 Å². The number of rotatable bonds is 4. The van der Waals surface area contributed by atoms with E-state index in [9.17, 15) is 9.59 Å². The first-order chi connectivity index (χ1) is 16.4. The van der Waals surface area contributed by atoms with Gasteiger partial charge in [0.1, 0.15) is 16.4 Å². The summed E-state index contributed by atoms with van der Waals surface area (Å²) in [5, 5.41) is 3.38. The Morgan fingerprint density at radius 3 is 2.29 bits per heavy atom. The Bertz CT molecular complexity index is 1440. The molecule has 4 aromatic rings. The molecule has 0 bridgehead atoms. The van der Waals surface area contributed by atoms with Crippen molar-refractivity contribution in [1.82, 2.24) is 14.8 Å². The summed E-state index contributed by atoms with van der Waals surface area (Å²) in [6.45, 7) is 0. The van der Waals surface area contributed by atoms with Crippen LogP contribution in [-0.2, 0) is 9.59 Å². The van der Waals surface area contributed by atoms with Crippen LogP contribution < -0.4 is 4.90 Å². The summed E-state index contributed by atoms with van der Waals surface area (Å²) >= 11 is 6.65. The number of hydrogen-bond donors (Lipinski definition) is 0. The van der Waals surface area contributed by atoms with Crippen LogP contribution in [0.2, 0.25) is 0 Å². The molecular formula is C26H20N4O2S2. The monoisotopic (exact) mass is 484 g/mol. The van der Waals surface area contributed by atoms with Crippen molar-refractivity contribution < 1.29 is 9.59 Å². The number of thiophene rings is 1. The zero-order valence-corrected chi connectivity index (χ0v) is 20.1. The zero-order valence-electron chi connectivity index (χ0n) is 18.5. The van der Waals surface area contributed by atoms with Crippen LogP contribution in [0.3, 0.4) is 0 Å². The first-order valence-electron chi connectivity index (χ1n) is 10.6. The lowest BCUT2D eigenvalue weighted by Gasteiger charge is -2.31. The molecule has 0 unspecified atom stereocenters. The fourth-order valence-corrected chi connectivity index (χ4v) is 4.98. The van der Waals surface area contributed by atoms with Gasteiger partial charge in [-0.2, -0.15) is 0 Å². The maximum Gasteiger partial charge on any atom is 0.265 e. The van der Waals surface area contributed by atoms with E-state index in [4.69, 9.17) is 12.2 Å². The minimum absolute atomic E-state index is 0.0853. The Balaban J connectivity index is 1.57. The lowest BCUT2D eigenvalue weighted by atomic mass is 10.1. The molecule has 5 rings (SSSR count). The van der Waals surface area contributed by atoms with E-state index in [1.165, 1.54) is 21.1 Å². The quantitative estimate of drug-likeness (QED) is 0.222. The van der Waals surface area contributed by atoms with E-state index in [0.717, 1.165) is 32.2 Å². The Labute approximate surface area is 206 Å². The maximum atomic E-state index is 12.7. The molecule has 2 aromatic carbocycles. The fourth-order valence-electron chi connectivity index (χ4n) is 3.83. The molecule has 2 amide bonds. The molecule has 2 aromatic heterocycles. The molecule has 8 heteroatoms. The fraction of sp³-hybridized carbons (Fsp3) is 0.0769. The molecule has 1 saturated heterocycles. The second kappa shape index (κ2) is 8.81.